The van der Waals surface area contributed by atoms with E-state index in [2.05, 4.69) is 4.31 Å². The Kier molecular flexibility index (Phi) is 19.5. The topological polar surface area (TPSA) is 249 Å². The third kappa shape index (κ3) is 39.3. The number of rotatable bonds is 8. The van der Waals surface area contributed by atoms with Crippen molar-refractivity contribution >= 4 is 24.2 Å². The first-order valence-electron chi connectivity index (χ1n) is 5.53. The molecule has 0 radical (unpaired) electrons. The molecule has 0 unspecified atom stereocenters. The fourth-order valence-corrected chi connectivity index (χ4v) is 2.01. The molecule has 0 saturated carbocycles. The first-order valence-corrected chi connectivity index (χ1v) is 9.79. The Morgan fingerprint density at radius 3 is 1.04 bits per heavy atom. The molecule has 0 fully saturated rings. The number of nitrogens with zero attached hydrogens (tertiary/aromatic N) is 1. The molecular formula is C6H22NO13P3. The molecular weight excluding hydrogens is 387 g/mol. The molecule has 0 aromatic carbocycles. The van der Waals surface area contributed by atoms with E-state index in [4.69, 9.17) is 49.6 Å². The second kappa shape index (κ2) is 15.9. The number of aliphatic hydroxyl groups excluding tert-OH is 3. The first kappa shape index (κ1) is 28.2. The standard InChI is InChI=1S/C6H15NO3.H4O7P2.H3O3P/c8-4-1-7(2-5-9)3-6-10;1-8(2,3)7-9(4,5)6;1-4(2)3/h8-10H,1-6H2;(H2,1,2,3)(H2,4,5,6);1-3H. The van der Waals surface area contributed by atoms with Gasteiger partial charge in [-0.05, 0) is 0 Å². The fourth-order valence-electron chi connectivity index (χ4n) is 0.898. The first-order chi connectivity index (χ1) is 10.3. The van der Waals surface area contributed by atoms with Crippen LogP contribution in [0.3, 0.4) is 0 Å². The smallest absolute Gasteiger partial charge is 0.395 e. The van der Waals surface area contributed by atoms with Crippen molar-refractivity contribution in [1.82, 2.24) is 4.90 Å². The lowest BCUT2D eigenvalue weighted by Gasteiger charge is -2.17. The van der Waals surface area contributed by atoms with Gasteiger partial charge in [0, 0.05) is 19.6 Å². The maximum absolute atomic E-state index is 9.63. The van der Waals surface area contributed by atoms with E-state index in [0.29, 0.717) is 19.6 Å². The molecule has 14 nitrogen and oxygen atoms in total. The molecule has 0 aliphatic carbocycles. The molecule has 0 rings (SSSR count). The third-order valence-electron chi connectivity index (χ3n) is 1.46. The molecule has 0 aliphatic rings. The van der Waals surface area contributed by atoms with Crippen molar-refractivity contribution in [2.75, 3.05) is 39.5 Å². The van der Waals surface area contributed by atoms with Crippen molar-refractivity contribution in [2.24, 2.45) is 0 Å². The van der Waals surface area contributed by atoms with Crippen molar-refractivity contribution in [3.63, 3.8) is 0 Å². The quantitative estimate of drug-likeness (QED) is 0.176. The van der Waals surface area contributed by atoms with Gasteiger partial charge in [-0.3, -0.25) is 4.90 Å². The molecule has 0 heterocycles. The number of hydrogen-bond donors (Lipinski definition) is 10. The Hall–Kier alpha value is 0.410. The van der Waals surface area contributed by atoms with Crippen LogP contribution in [0.5, 0.6) is 0 Å². The van der Waals surface area contributed by atoms with Gasteiger partial charge in [-0.2, -0.15) is 4.31 Å². The zero-order valence-electron chi connectivity index (χ0n) is 11.7. The molecule has 0 bridgehead atoms. The van der Waals surface area contributed by atoms with E-state index in [1.807, 2.05) is 0 Å². The van der Waals surface area contributed by atoms with Gasteiger partial charge in [0.05, 0.1) is 19.8 Å². The van der Waals surface area contributed by atoms with Crippen LogP contribution in [0.25, 0.3) is 0 Å². The van der Waals surface area contributed by atoms with E-state index in [-0.39, 0.29) is 19.8 Å². The van der Waals surface area contributed by atoms with E-state index < -0.39 is 24.2 Å². The van der Waals surface area contributed by atoms with Crippen LogP contribution in [0.15, 0.2) is 0 Å². The van der Waals surface area contributed by atoms with E-state index in [9.17, 15) is 9.13 Å². The van der Waals surface area contributed by atoms with Crippen molar-refractivity contribution in [2.45, 2.75) is 0 Å². The average molecular weight is 409 g/mol. The number of phosphoric acid groups is 2. The van der Waals surface area contributed by atoms with Crippen molar-refractivity contribution < 1.29 is 63.0 Å². The van der Waals surface area contributed by atoms with Crippen LogP contribution in [-0.2, 0) is 13.4 Å². The van der Waals surface area contributed by atoms with E-state index >= 15 is 0 Å². The van der Waals surface area contributed by atoms with Gasteiger partial charge >= 0.3 is 24.2 Å². The highest BCUT2D eigenvalue weighted by molar-refractivity contribution is 7.60. The van der Waals surface area contributed by atoms with Crippen LogP contribution >= 0.6 is 24.2 Å². The minimum atomic E-state index is -5.05. The Labute approximate surface area is 132 Å². The van der Waals surface area contributed by atoms with Crippen molar-refractivity contribution in [1.29, 1.82) is 0 Å². The Morgan fingerprint density at radius 2 is 0.957 bits per heavy atom. The maximum Gasteiger partial charge on any atom is 0.478 e. The summed E-state index contributed by atoms with van der Waals surface area (Å²) in [6.07, 6.45) is 0. The molecule has 0 aromatic heterocycles. The molecule has 0 spiro atoms. The van der Waals surface area contributed by atoms with E-state index in [1.165, 1.54) is 0 Å². The van der Waals surface area contributed by atoms with Gasteiger partial charge in [0.25, 0.3) is 0 Å². The predicted octanol–water partition coefficient (Wildman–Crippen LogP) is -3.36. The van der Waals surface area contributed by atoms with Gasteiger partial charge in [-0.1, -0.05) is 0 Å². The van der Waals surface area contributed by atoms with E-state index in [0.717, 1.165) is 0 Å². The van der Waals surface area contributed by atoms with Crippen LogP contribution in [-0.4, -0.2) is 93.9 Å². The monoisotopic (exact) mass is 409 g/mol. The normalized spacial score (nSPS) is 11.7. The lowest BCUT2D eigenvalue weighted by atomic mass is 10.4. The van der Waals surface area contributed by atoms with Crippen LogP contribution in [0.1, 0.15) is 0 Å². The second-order valence-electron chi connectivity index (χ2n) is 3.34. The molecule has 17 heteroatoms. The SMILES string of the molecule is O=P(O)(O)OP(=O)(O)O.OCCN(CCO)CCO.OP(O)O. The molecule has 0 saturated heterocycles. The summed E-state index contributed by atoms with van der Waals surface area (Å²) in [6, 6.07) is 0. The summed E-state index contributed by atoms with van der Waals surface area (Å²) in [4.78, 5) is 54.5. The minimum absolute atomic E-state index is 0.0694. The van der Waals surface area contributed by atoms with Gasteiger partial charge in [0.2, 0.25) is 0 Å². The maximum atomic E-state index is 9.63. The highest BCUT2D eigenvalue weighted by Gasteiger charge is 2.27. The van der Waals surface area contributed by atoms with Crippen molar-refractivity contribution in [3.8, 4) is 0 Å². The molecule has 0 aromatic rings. The van der Waals surface area contributed by atoms with Crippen LogP contribution in [0.4, 0.5) is 0 Å². The number of aliphatic hydroxyl groups is 3. The zero-order valence-corrected chi connectivity index (χ0v) is 14.4. The zero-order chi connectivity index (χ0) is 19.1. The highest BCUT2D eigenvalue weighted by atomic mass is 31.3. The van der Waals surface area contributed by atoms with Crippen molar-refractivity contribution in [3.05, 3.63) is 0 Å². The predicted molar refractivity (Wildman–Crippen MR) is 76.4 cm³/mol. The van der Waals surface area contributed by atoms with Crippen LogP contribution in [0.2, 0.25) is 0 Å². The third-order valence-corrected chi connectivity index (χ3v) is 3.16. The van der Waals surface area contributed by atoms with Gasteiger partial charge < -0.3 is 49.6 Å². The molecule has 10 N–H and O–H groups in total. The summed E-state index contributed by atoms with van der Waals surface area (Å²) in [7, 11) is -12.7. The van der Waals surface area contributed by atoms with Crippen LogP contribution in [0, 0.1) is 0 Å². The largest absolute Gasteiger partial charge is 0.478 e. The fraction of sp³-hybridized carbons (Fsp3) is 1.00. The number of hydrogen-bond acceptors (Lipinski definition) is 10. The lowest BCUT2D eigenvalue weighted by Crippen LogP contribution is -2.32. The molecule has 23 heavy (non-hydrogen) atoms. The summed E-state index contributed by atoms with van der Waals surface area (Å²) in [5.41, 5.74) is 0. The Morgan fingerprint density at radius 1 is 0.739 bits per heavy atom. The summed E-state index contributed by atoms with van der Waals surface area (Å²) >= 11 is 0. The van der Waals surface area contributed by atoms with Gasteiger partial charge in [-0.15, -0.1) is 0 Å². The summed E-state index contributed by atoms with van der Waals surface area (Å²) in [5, 5.41) is 25.5. The van der Waals surface area contributed by atoms with Gasteiger partial charge in [0.1, 0.15) is 0 Å². The van der Waals surface area contributed by atoms with Gasteiger partial charge in [0.15, 0.2) is 0 Å². The lowest BCUT2D eigenvalue weighted by molar-refractivity contribution is 0.136. The summed E-state index contributed by atoms with van der Waals surface area (Å²) in [5.74, 6) is 0. The molecule has 144 valence electrons. The molecule has 0 amide bonds. The second-order valence-corrected chi connectivity index (χ2v) is 6.50. The average Bonchev–Trinajstić information content (AvgIpc) is 2.24. The summed E-state index contributed by atoms with van der Waals surface area (Å²) < 4.78 is 22.2. The Balaban J connectivity index is -0.000000284. The minimum Gasteiger partial charge on any atom is -0.395 e. The van der Waals surface area contributed by atoms with E-state index in [1.54, 1.807) is 4.90 Å². The summed E-state index contributed by atoms with van der Waals surface area (Å²) in [6.45, 7) is 1.75. The Bertz CT molecular complexity index is 306. The van der Waals surface area contributed by atoms with Crippen LogP contribution < -0.4 is 0 Å². The van der Waals surface area contributed by atoms with Gasteiger partial charge in [-0.25, -0.2) is 9.13 Å². The highest BCUT2D eigenvalue weighted by Crippen LogP contribution is 2.53. The molecule has 0 aliphatic heterocycles. The molecule has 0 atom stereocenters.